The average Bonchev–Trinajstić information content (AvgIpc) is 2.35. The lowest BCUT2D eigenvalue weighted by Gasteiger charge is -2.36. The molecule has 0 aliphatic heterocycles. The zero-order valence-corrected chi connectivity index (χ0v) is 13.4. The van der Waals surface area contributed by atoms with Gasteiger partial charge in [-0.1, -0.05) is 53.4 Å². The molecular weight excluding hydrogens is 222 g/mol. The van der Waals surface area contributed by atoms with Crippen LogP contribution in [0.1, 0.15) is 73.6 Å². The van der Waals surface area contributed by atoms with Crippen LogP contribution in [-0.4, -0.2) is 29.3 Å². The number of Topliss-reactive ketones (excluding diaryl/α,β-unsaturated/α-hetero) is 1. The van der Waals surface area contributed by atoms with Crippen LogP contribution in [0.15, 0.2) is 0 Å². The third kappa shape index (κ3) is 5.09. The van der Waals surface area contributed by atoms with Crippen molar-refractivity contribution in [2.75, 3.05) is 13.1 Å². The molecule has 0 bridgehead atoms. The second-order valence-electron chi connectivity index (χ2n) is 5.78. The Labute approximate surface area is 114 Å². The van der Waals surface area contributed by atoms with Crippen molar-refractivity contribution < 1.29 is 4.79 Å². The lowest BCUT2D eigenvalue weighted by atomic mass is 9.86. The molecule has 0 fully saturated rings. The molecule has 2 heteroatoms. The normalized spacial score (nSPS) is 13.9. The maximum atomic E-state index is 12.5. The van der Waals surface area contributed by atoms with Gasteiger partial charge in [-0.25, -0.2) is 0 Å². The molecule has 1 unspecified atom stereocenters. The van der Waals surface area contributed by atoms with Crippen LogP contribution in [-0.2, 0) is 4.79 Å². The highest BCUT2D eigenvalue weighted by Gasteiger charge is 2.33. The van der Waals surface area contributed by atoms with Gasteiger partial charge < -0.3 is 0 Å². The predicted molar refractivity (Wildman–Crippen MR) is 79.9 cm³/mol. The van der Waals surface area contributed by atoms with Gasteiger partial charge in [-0.2, -0.15) is 0 Å². The molecule has 0 aliphatic carbocycles. The third-order valence-electron chi connectivity index (χ3n) is 4.25. The van der Waals surface area contributed by atoms with Gasteiger partial charge in [0.2, 0.25) is 0 Å². The lowest BCUT2D eigenvalue weighted by molar-refractivity contribution is -0.130. The fraction of sp³-hybridized carbons (Fsp3) is 0.938. The van der Waals surface area contributed by atoms with Gasteiger partial charge >= 0.3 is 0 Å². The summed E-state index contributed by atoms with van der Waals surface area (Å²) in [6.07, 6.45) is 5.55. The number of carbonyl (C=O) groups excluding carboxylic acids is 1. The molecule has 108 valence electrons. The van der Waals surface area contributed by atoms with Crippen molar-refractivity contribution in [2.24, 2.45) is 5.92 Å². The summed E-state index contributed by atoms with van der Waals surface area (Å²) >= 11 is 0. The van der Waals surface area contributed by atoms with Crippen LogP contribution in [0.5, 0.6) is 0 Å². The van der Waals surface area contributed by atoms with Crippen LogP contribution in [0.4, 0.5) is 0 Å². The summed E-state index contributed by atoms with van der Waals surface area (Å²) in [6.45, 7) is 14.7. The first kappa shape index (κ1) is 17.6. The second kappa shape index (κ2) is 8.68. The van der Waals surface area contributed by atoms with Crippen molar-refractivity contribution in [1.82, 2.24) is 4.90 Å². The van der Waals surface area contributed by atoms with E-state index in [0.717, 1.165) is 25.9 Å². The van der Waals surface area contributed by atoms with Crippen LogP contribution in [0.25, 0.3) is 0 Å². The van der Waals surface area contributed by atoms with E-state index in [9.17, 15) is 4.79 Å². The molecule has 0 heterocycles. The van der Waals surface area contributed by atoms with Crippen LogP contribution < -0.4 is 0 Å². The van der Waals surface area contributed by atoms with Crippen LogP contribution >= 0.6 is 0 Å². The molecule has 0 saturated heterocycles. The van der Waals surface area contributed by atoms with Gasteiger partial charge in [0.15, 0.2) is 5.78 Å². The zero-order valence-electron chi connectivity index (χ0n) is 13.4. The molecule has 0 aromatic heterocycles. The molecule has 0 aromatic carbocycles. The van der Waals surface area contributed by atoms with Gasteiger partial charge in [0.25, 0.3) is 0 Å². The lowest BCUT2D eigenvalue weighted by Crippen LogP contribution is -2.50. The summed E-state index contributed by atoms with van der Waals surface area (Å²) in [7, 11) is 0. The van der Waals surface area contributed by atoms with Gasteiger partial charge in [0.05, 0.1) is 5.54 Å². The fourth-order valence-corrected chi connectivity index (χ4v) is 2.65. The molecule has 0 radical (unpaired) electrons. The van der Waals surface area contributed by atoms with Crippen molar-refractivity contribution in [3.63, 3.8) is 0 Å². The molecule has 0 saturated carbocycles. The van der Waals surface area contributed by atoms with E-state index in [-0.39, 0.29) is 5.54 Å². The second-order valence-corrected chi connectivity index (χ2v) is 5.78. The summed E-state index contributed by atoms with van der Waals surface area (Å²) in [6, 6.07) is 0. The smallest absolute Gasteiger partial charge is 0.152 e. The van der Waals surface area contributed by atoms with Crippen molar-refractivity contribution in [3.05, 3.63) is 0 Å². The topological polar surface area (TPSA) is 20.3 Å². The molecule has 18 heavy (non-hydrogen) atoms. The summed E-state index contributed by atoms with van der Waals surface area (Å²) in [5.74, 6) is 0.987. The molecule has 0 N–H and O–H groups in total. The van der Waals surface area contributed by atoms with Crippen molar-refractivity contribution >= 4 is 5.78 Å². The Kier molecular flexibility index (Phi) is 8.51. The number of hydrogen-bond donors (Lipinski definition) is 0. The quantitative estimate of drug-likeness (QED) is 0.580. The van der Waals surface area contributed by atoms with Crippen molar-refractivity contribution in [1.29, 1.82) is 0 Å². The van der Waals surface area contributed by atoms with Gasteiger partial charge in [-0.3, -0.25) is 9.69 Å². The summed E-state index contributed by atoms with van der Waals surface area (Å²) in [4.78, 5) is 14.8. The maximum absolute atomic E-state index is 12.5. The van der Waals surface area contributed by atoms with E-state index in [1.54, 1.807) is 0 Å². The van der Waals surface area contributed by atoms with E-state index in [4.69, 9.17) is 0 Å². The highest BCUT2D eigenvalue weighted by molar-refractivity contribution is 5.87. The minimum absolute atomic E-state index is 0.302. The Balaban J connectivity index is 4.52. The molecule has 0 rings (SSSR count). The Hall–Kier alpha value is -0.370. The highest BCUT2D eigenvalue weighted by atomic mass is 16.1. The summed E-state index contributed by atoms with van der Waals surface area (Å²) in [5, 5.41) is 0. The molecule has 0 aromatic rings. The monoisotopic (exact) mass is 255 g/mol. The Morgan fingerprint density at radius 1 is 1.11 bits per heavy atom. The molecule has 0 amide bonds. The molecule has 2 nitrogen and oxygen atoms in total. The number of rotatable bonds is 10. The van der Waals surface area contributed by atoms with E-state index in [1.165, 1.54) is 19.3 Å². The Bertz CT molecular complexity index is 231. The van der Waals surface area contributed by atoms with Crippen molar-refractivity contribution in [3.8, 4) is 0 Å². The Morgan fingerprint density at radius 3 is 2.06 bits per heavy atom. The maximum Gasteiger partial charge on any atom is 0.152 e. The van der Waals surface area contributed by atoms with E-state index < -0.39 is 0 Å². The van der Waals surface area contributed by atoms with Gasteiger partial charge in [-0.15, -0.1) is 0 Å². The average molecular weight is 255 g/mol. The molecule has 0 spiro atoms. The fourth-order valence-electron chi connectivity index (χ4n) is 2.65. The predicted octanol–water partition coefficient (Wildman–Crippen LogP) is 4.28. The summed E-state index contributed by atoms with van der Waals surface area (Å²) in [5.41, 5.74) is -0.302. The highest BCUT2D eigenvalue weighted by Crippen LogP contribution is 2.24. The van der Waals surface area contributed by atoms with E-state index in [0.29, 0.717) is 11.7 Å². The van der Waals surface area contributed by atoms with Gasteiger partial charge in [0, 0.05) is 6.42 Å². The number of unbranched alkanes of at least 4 members (excludes halogenated alkanes) is 1. The first-order chi connectivity index (χ1) is 8.43. The Morgan fingerprint density at radius 2 is 1.67 bits per heavy atom. The zero-order chi connectivity index (χ0) is 14.2. The number of carbonyl (C=O) groups is 1. The SMILES string of the molecule is CCCCC(CC)CC(=O)C(C)(C)N(CC)CC. The van der Waals surface area contributed by atoms with Crippen molar-refractivity contribution in [2.45, 2.75) is 79.2 Å². The van der Waals surface area contributed by atoms with Gasteiger partial charge in [-0.05, 0) is 32.9 Å². The van der Waals surface area contributed by atoms with E-state index >= 15 is 0 Å². The van der Waals surface area contributed by atoms with Gasteiger partial charge in [0.1, 0.15) is 0 Å². The minimum Gasteiger partial charge on any atom is -0.298 e. The largest absolute Gasteiger partial charge is 0.298 e. The number of ketones is 1. The molecule has 0 aliphatic rings. The van der Waals surface area contributed by atoms with Crippen LogP contribution in [0.3, 0.4) is 0 Å². The standard InChI is InChI=1S/C16H33NO/c1-7-11-12-14(8-2)13-15(18)16(5,6)17(9-3)10-4/h14H,7-13H2,1-6H3. The first-order valence-corrected chi connectivity index (χ1v) is 7.72. The minimum atomic E-state index is -0.302. The first-order valence-electron chi connectivity index (χ1n) is 7.72. The summed E-state index contributed by atoms with van der Waals surface area (Å²) < 4.78 is 0. The van der Waals surface area contributed by atoms with Crippen LogP contribution in [0, 0.1) is 5.92 Å². The molecular formula is C16H33NO. The number of nitrogens with zero attached hydrogens (tertiary/aromatic N) is 1. The molecule has 1 atom stereocenters. The number of likely N-dealkylation sites (N-methyl/N-ethyl adjacent to an activating group) is 1. The van der Waals surface area contributed by atoms with Crippen LogP contribution in [0.2, 0.25) is 0 Å². The number of hydrogen-bond acceptors (Lipinski definition) is 2. The van der Waals surface area contributed by atoms with E-state index in [1.807, 2.05) is 0 Å². The van der Waals surface area contributed by atoms with E-state index in [2.05, 4.69) is 46.4 Å². The third-order valence-corrected chi connectivity index (χ3v) is 4.25.